The van der Waals surface area contributed by atoms with Gasteiger partial charge in [-0.1, -0.05) is 149 Å². The summed E-state index contributed by atoms with van der Waals surface area (Å²) in [6.07, 6.45) is 37.1. The number of aryl methyl sites for hydroxylation is 4. The Hall–Kier alpha value is -6.77. The molecule has 8 atom stereocenters. The van der Waals surface area contributed by atoms with Gasteiger partial charge >= 0.3 is 53.5 Å². The van der Waals surface area contributed by atoms with E-state index in [2.05, 4.69) is 120 Å². The van der Waals surface area contributed by atoms with Crippen LogP contribution in [0.15, 0.2) is 103 Å². The largest absolute Gasteiger partial charge is 0.480 e. The van der Waals surface area contributed by atoms with Crippen molar-refractivity contribution in [2.75, 3.05) is 65.4 Å². The average molecular weight is 1930 g/mol. The molecule has 139 heavy (non-hydrogen) atoms. The topological polar surface area (TPSA) is 520 Å². The molecule has 5 saturated heterocycles. The first-order chi connectivity index (χ1) is 66.4. The predicted molar refractivity (Wildman–Crippen MR) is 547 cm³/mol. The van der Waals surface area contributed by atoms with Crippen LogP contribution in [0.5, 0.6) is 0 Å². The van der Waals surface area contributed by atoms with Gasteiger partial charge in [-0.05, 0) is 384 Å². The highest BCUT2D eigenvalue weighted by molar-refractivity contribution is 6.42. The van der Waals surface area contributed by atoms with Crippen molar-refractivity contribution in [3.8, 4) is 0 Å². The van der Waals surface area contributed by atoms with Gasteiger partial charge in [0.2, 0.25) is 0 Å². The minimum atomic E-state index is -1.34. The van der Waals surface area contributed by atoms with Crippen LogP contribution in [0.25, 0.3) is 0 Å². The Balaban J connectivity index is 0.000000166. The van der Waals surface area contributed by atoms with Crippen LogP contribution in [0, 0.1) is 36.5 Å². The molecule has 2 aromatic heterocycles. The van der Waals surface area contributed by atoms with Gasteiger partial charge in [-0.25, -0.2) is 0 Å². The summed E-state index contributed by atoms with van der Waals surface area (Å²) >= 11 is 0. The van der Waals surface area contributed by atoms with Crippen LogP contribution in [0.4, 0.5) is 0 Å². The zero-order valence-corrected chi connectivity index (χ0v) is 83.3. The SMILES string of the molecule is CC(=O)[C@@](N)(CCCCB(O)O)C1CCN(C2Cc3ccccc3C2)CC1.CC(=O)[C@](N)(CCCCB(O)O)C1CCN(C2Cc3ccccc3C2)CC1.Cc1ccc2c(c1)CCCC2N1CCC([C@](N)(CCCCB(O)O)C(=O)O)CC1.N[C@@](CCCCB(O)O)(C(=O)O)C1CCN(C2CCCc3cccnc32)CC1.N[C@](CCCCB(O)O)(C(=O)O)C1CCN(C2CCCc3cccnc32)CC1. The number of piperidine rings is 5. The summed E-state index contributed by atoms with van der Waals surface area (Å²) in [6, 6.07) is 34.8. The maximum absolute atomic E-state index is 12.3. The quantitative estimate of drug-likeness (QED) is 0.0128. The van der Waals surface area contributed by atoms with Gasteiger partial charge in [-0.15, -0.1) is 0 Å². The van der Waals surface area contributed by atoms with E-state index in [1.54, 1.807) is 13.8 Å². The smallest absolute Gasteiger partial charge is 0.451 e. The minimum absolute atomic E-state index is 0.0450. The van der Waals surface area contributed by atoms with Gasteiger partial charge in [-0.3, -0.25) is 58.4 Å². The molecule has 0 bridgehead atoms. The van der Waals surface area contributed by atoms with Crippen molar-refractivity contribution in [2.45, 2.75) is 354 Å². The number of carbonyl (C=O) groups excluding carboxylic acids is 2. The molecule has 0 saturated carbocycles. The number of unbranched alkanes of at least 4 members (excludes halogenated alkanes) is 5. The molecule has 7 heterocycles. The number of likely N-dealkylation sites (tertiary alicyclic amines) is 5. The number of aliphatic carboxylic acids is 3. The molecule has 30 nitrogen and oxygen atoms in total. The van der Waals surface area contributed by atoms with E-state index >= 15 is 0 Å². The van der Waals surface area contributed by atoms with Crippen LogP contribution in [0.1, 0.15) is 292 Å². The van der Waals surface area contributed by atoms with E-state index in [-0.39, 0.29) is 60.1 Å². The molecule has 35 heteroatoms. The van der Waals surface area contributed by atoms with Crippen LogP contribution in [0.2, 0.25) is 31.6 Å². The van der Waals surface area contributed by atoms with E-state index in [1.807, 2.05) is 24.5 Å². The summed E-state index contributed by atoms with van der Waals surface area (Å²) in [7, 11) is -6.56. The van der Waals surface area contributed by atoms with Gasteiger partial charge in [0.1, 0.15) is 28.2 Å². The maximum Gasteiger partial charge on any atom is 0.451 e. The standard InChI is InChI=1S/C22H35BN2O4.2C21H33BN2O3.2C20H32BN3O4/c1-16-7-8-19-17(15-16)5-4-6-20(19)25-13-9-18(10-14-25)22(24,21(26)27)11-2-3-12-23(28)29;2*1-16(25)21(23,10-4-5-11-22(26)27)19-8-12-24(13-9-19)20-14-17-6-2-3-7-18(17)15-20;2*22-20(19(25)26,10-1-2-11-21(27)28)16-8-13-24(14-9-16)17-7-3-5-15-6-4-12-23-18(15)17/h7-8,15,18,20,28-29H,2-6,9-14,24H2,1H3,(H,26,27);2*2-3,6-7,19-20,26-27H,4-5,8-15,23H2,1H3;2*4,6,12,16-17,27-28H,1-3,5,7-11,13-14,22H2,(H,25,26)/t20?,22-;2*21-;2*17?,20-/m11010/s1. The Morgan fingerprint density at radius 2 is 0.576 bits per heavy atom. The number of nitrogens with two attached hydrogens (primary N) is 5. The first-order valence-electron chi connectivity index (χ1n) is 52.7. The van der Waals surface area contributed by atoms with Gasteiger partial charge < -0.3 is 94.2 Å². The number of pyridine rings is 2. The highest BCUT2D eigenvalue weighted by Crippen LogP contribution is 2.45. The monoisotopic (exact) mass is 1930 g/mol. The number of hydrogen-bond donors (Lipinski definition) is 18. The van der Waals surface area contributed by atoms with Crippen molar-refractivity contribution in [3.05, 3.63) is 165 Å². The Morgan fingerprint density at radius 3 is 0.856 bits per heavy atom. The predicted octanol–water partition coefficient (Wildman–Crippen LogP) is 9.29. The fourth-order valence-electron chi connectivity index (χ4n) is 25.0. The lowest BCUT2D eigenvalue weighted by Crippen LogP contribution is -2.57. The lowest BCUT2D eigenvalue weighted by molar-refractivity contribution is -0.148. The number of carbonyl (C=O) groups is 5. The van der Waals surface area contributed by atoms with Crippen molar-refractivity contribution in [3.63, 3.8) is 0 Å². The Labute approximate surface area is 827 Å². The highest BCUT2D eigenvalue weighted by atomic mass is 16.4. The van der Waals surface area contributed by atoms with Crippen LogP contribution in [-0.4, -0.2) is 270 Å². The Bertz CT molecular complexity index is 4380. The number of carboxylic acids is 3. The summed E-state index contributed by atoms with van der Waals surface area (Å²) in [5.41, 5.74) is 42.3. The zero-order chi connectivity index (χ0) is 100. The van der Waals surface area contributed by atoms with Crippen molar-refractivity contribution < 1.29 is 89.5 Å². The molecule has 0 amide bonds. The fraction of sp³-hybridized carbons (Fsp3) is 0.683. The van der Waals surface area contributed by atoms with E-state index < -0.39 is 81.2 Å². The molecule has 0 radical (unpaired) electrons. The van der Waals surface area contributed by atoms with E-state index in [0.717, 1.165) is 220 Å². The molecular weight excluding hydrogens is 1760 g/mol. The number of carboxylic acid groups (broad SMARTS) is 3. The highest BCUT2D eigenvalue weighted by Gasteiger charge is 2.50. The number of rotatable bonds is 40. The molecule has 10 aliphatic rings. The van der Waals surface area contributed by atoms with E-state index in [4.69, 9.17) is 78.9 Å². The lowest BCUT2D eigenvalue weighted by atomic mass is 9.72. The third-order valence-corrected chi connectivity index (χ3v) is 33.6. The molecule has 5 aromatic rings. The number of ketones is 2. The van der Waals surface area contributed by atoms with Crippen LogP contribution >= 0.6 is 0 Å². The summed E-state index contributed by atoms with van der Waals surface area (Å²) in [5, 5.41) is 119. The molecule has 23 N–H and O–H groups in total. The van der Waals surface area contributed by atoms with Crippen molar-refractivity contribution >= 4 is 65.1 Å². The molecule has 0 spiro atoms. The lowest BCUT2D eigenvalue weighted by Gasteiger charge is -2.44. The van der Waals surface area contributed by atoms with Crippen LogP contribution < -0.4 is 28.7 Å². The first-order valence-corrected chi connectivity index (χ1v) is 52.7. The molecule has 3 unspecified atom stereocenters. The second-order valence-electron chi connectivity index (χ2n) is 42.6. The van der Waals surface area contributed by atoms with Gasteiger partial charge in [0.05, 0.1) is 34.5 Å². The number of aromatic nitrogens is 2. The zero-order valence-electron chi connectivity index (χ0n) is 83.3. The van der Waals surface area contributed by atoms with Crippen molar-refractivity contribution in [1.82, 2.24) is 34.5 Å². The summed E-state index contributed by atoms with van der Waals surface area (Å²) < 4.78 is 0. The second kappa shape index (κ2) is 53.9. The normalized spacial score (nSPS) is 22.2. The molecule has 764 valence electrons. The number of fused-ring (bicyclic) bond motifs is 5. The summed E-state index contributed by atoms with van der Waals surface area (Å²) in [5.74, 6) is -2.42. The van der Waals surface area contributed by atoms with Gasteiger partial charge in [0, 0.05) is 30.5 Å². The number of nitrogens with zero attached hydrogens (tertiary/aromatic N) is 7. The van der Waals surface area contributed by atoms with E-state index in [9.17, 15) is 39.3 Å². The van der Waals surface area contributed by atoms with E-state index in [0.29, 0.717) is 126 Å². The minimum Gasteiger partial charge on any atom is -0.480 e. The molecule has 15 rings (SSSR count). The third kappa shape index (κ3) is 30.9. The van der Waals surface area contributed by atoms with Crippen molar-refractivity contribution in [2.24, 2.45) is 58.3 Å². The molecule has 5 fully saturated rings. The molecule has 5 aliphatic heterocycles. The van der Waals surface area contributed by atoms with Crippen LogP contribution in [0.3, 0.4) is 0 Å². The molecule has 5 aliphatic carbocycles. The average Bonchev–Trinajstić information content (AvgIpc) is 1.67. The van der Waals surface area contributed by atoms with Gasteiger partial charge in [0.25, 0.3) is 0 Å². The first kappa shape index (κ1) is 113. The third-order valence-electron chi connectivity index (χ3n) is 33.6. The van der Waals surface area contributed by atoms with Gasteiger partial charge in [0.15, 0.2) is 0 Å². The Kier molecular flexibility index (Phi) is 43.6. The summed E-state index contributed by atoms with van der Waals surface area (Å²) in [4.78, 5) is 82.4. The summed E-state index contributed by atoms with van der Waals surface area (Å²) in [6.45, 7) is 14.5. The fourth-order valence-corrected chi connectivity index (χ4v) is 25.0. The molecular formula is C104H165B5N12O18. The van der Waals surface area contributed by atoms with Crippen LogP contribution in [-0.2, 0) is 68.9 Å². The maximum atomic E-state index is 12.3. The van der Waals surface area contributed by atoms with Crippen molar-refractivity contribution in [1.29, 1.82) is 0 Å². The number of benzene rings is 3. The van der Waals surface area contributed by atoms with E-state index in [1.165, 1.54) is 67.9 Å². The number of hydrogen-bond acceptors (Lipinski definition) is 27. The second-order valence-corrected chi connectivity index (χ2v) is 42.6. The van der Waals surface area contributed by atoms with Gasteiger partial charge in [-0.2, -0.15) is 0 Å². The molecule has 3 aromatic carbocycles. The number of Topliss-reactive ketones (excluding diaryl/α,β-unsaturated/α-hetero) is 2. The Morgan fingerprint density at radius 1 is 0.324 bits per heavy atom.